The van der Waals surface area contributed by atoms with E-state index in [2.05, 4.69) is 20.6 Å². The number of carbonyl (C=O) groups excluding carboxylic acids is 1. The smallest absolute Gasteiger partial charge is 0.323 e. The Kier molecular flexibility index (Phi) is 6.14. The number of rotatable bonds is 5. The molecule has 0 spiro atoms. The summed E-state index contributed by atoms with van der Waals surface area (Å²) in [6.07, 6.45) is 1.30. The second-order valence-corrected chi connectivity index (χ2v) is 7.43. The number of hydrogen-bond acceptors (Lipinski definition) is 6. The van der Waals surface area contributed by atoms with Gasteiger partial charge in [-0.3, -0.25) is 0 Å². The highest BCUT2D eigenvalue weighted by atomic mass is 35.5. The number of methoxy groups -OCH3 is 1. The summed E-state index contributed by atoms with van der Waals surface area (Å²) in [5, 5.41) is 15.7. The maximum Gasteiger partial charge on any atom is 0.323 e. The van der Waals surface area contributed by atoms with Gasteiger partial charge in [0.15, 0.2) is 11.5 Å². The van der Waals surface area contributed by atoms with E-state index in [-0.39, 0.29) is 28.1 Å². The topological polar surface area (TPSA) is 106 Å². The number of aromatic nitrogens is 2. The normalized spacial score (nSPS) is 10.7. The minimum Gasteiger partial charge on any atom is -0.504 e. The van der Waals surface area contributed by atoms with Gasteiger partial charge in [0.1, 0.15) is 17.9 Å². The zero-order valence-electron chi connectivity index (χ0n) is 17.5. The van der Waals surface area contributed by atoms with E-state index in [4.69, 9.17) is 21.1 Å². The molecule has 4 rings (SSSR count). The number of phenols is 1. The highest BCUT2D eigenvalue weighted by molar-refractivity contribution is 6.34. The molecule has 0 aliphatic rings. The van der Waals surface area contributed by atoms with Gasteiger partial charge in [-0.2, -0.15) is 0 Å². The van der Waals surface area contributed by atoms with E-state index in [1.807, 2.05) is 0 Å². The third-order valence-electron chi connectivity index (χ3n) is 4.67. The van der Waals surface area contributed by atoms with Crippen LogP contribution in [0.4, 0.5) is 20.6 Å². The molecule has 0 radical (unpaired) electrons. The van der Waals surface area contributed by atoms with Gasteiger partial charge in [0, 0.05) is 12.1 Å². The van der Waals surface area contributed by atoms with Crippen molar-refractivity contribution in [1.82, 2.24) is 9.97 Å². The second-order valence-electron chi connectivity index (χ2n) is 7.03. The van der Waals surface area contributed by atoms with Gasteiger partial charge in [-0.15, -0.1) is 0 Å². The fraction of sp³-hybridized carbons (Fsp3) is 0.0870. The van der Waals surface area contributed by atoms with Crippen molar-refractivity contribution in [3.63, 3.8) is 0 Å². The Morgan fingerprint density at radius 3 is 2.61 bits per heavy atom. The number of aryl methyl sites for hydroxylation is 1. The summed E-state index contributed by atoms with van der Waals surface area (Å²) in [6.45, 7) is 1.79. The van der Waals surface area contributed by atoms with E-state index in [1.165, 1.54) is 37.7 Å². The average Bonchev–Trinajstić information content (AvgIpc) is 2.78. The summed E-state index contributed by atoms with van der Waals surface area (Å²) in [5.41, 5.74) is 1.62. The number of fused-ring (bicyclic) bond motifs is 1. The zero-order chi connectivity index (χ0) is 23.5. The molecular formula is C23H18ClFN4O4. The van der Waals surface area contributed by atoms with Crippen molar-refractivity contribution in [1.29, 1.82) is 0 Å². The largest absolute Gasteiger partial charge is 0.504 e. The fourth-order valence-electron chi connectivity index (χ4n) is 3.08. The molecule has 8 nitrogen and oxygen atoms in total. The first-order valence-electron chi connectivity index (χ1n) is 9.67. The first-order valence-corrected chi connectivity index (χ1v) is 10.0. The summed E-state index contributed by atoms with van der Waals surface area (Å²) in [6, 6.07) is 11.4. The molecule has 0 unspecified atom stereocenters. The maximum atomic E-state index is 13.9. The molecule has 10 heteroatoms. The lowest BCUT2D eigenvalue weighted by atomic mass is 10.2. The Morgan fingerprint density at radius 1 is 1.06 bits per heavy atom. The maximum absolute atomic E-state index is 13.9. The number of amides is 2. The van der Waals surface area contributed by atoms with Crippen molar-refractivity contribution in [2.75, 3.05) is 17.7 Å². The molecule has 168 valence electrons. The molecule has 0 saturated heterocycles. The van der Waals surface area contributed by atoms with Crippen molar-refractivity contribution in [2.24, 2.45) is 0 Å². The fourth-order valence-corrected chi connectivity index (χ4v) is 3.29. The van der Waals surface area contributed by atoms with E-state index in [0.717, 1.165) is 5.56 Å². The number of nitrogens with one attached hydrogen (secondary N) is 2. The molecule has 0 saturated carbocycles. The van der Waals surface area contributed by atoms with Crippen molar-refractivity contribution >= 4 is 39.9 Å². The lowest BCUT2D eigenvalue weighted by Crippen LogP contribution is -2.20. The number of urea groups is 1. The van der Waals surface area contributed by atoms with Gasteiger partial charge in [0.05, 0.1) is 34.4 Å². The summed E-state index contributed by atoms with van der Waals surface area (Å²) in [7, 11) is 1.43. The van der Waals surface area contributed by atoms with E-state index >= 15 is 0 Å². The van der Waals surface area contributed by atoms with Crippen LogP contribution in [-0.4, -0.2) is 28.2 Å². The van der Waals surface area contributed by atoms with Crippen molar-refractivity contribution in [3.8, 4) is 23.1 Å². The number of aromatic hydroxyl groups is 1. The van der Waals surface area contributed by atoms with Crippen LogP contribution in [0.5, 0.6) is 23.1 Å². The number of benzene rings is 3. The van der Waals surface area contributed by atoms with Crippen LogP contribution in [0.1, 0.15) is 5.56 Å². The van der Waals surface area contributed by atoms with E-state index in [0.29, 0.717) is 22.3 Å². The molecule has 0 atom stereocenters. The van der Waals surface area contributed by atoms with Crippen LogP contribution in [0.2, 0.25) is 5.02 Å². The van der Waals surface area contributed by atoms with Crippen molar-refractivity contribution < 1.29 is 23.8 Å². The van der Waals surface area contributed by atoms with E-state index in [9.17, 15) is 14.3 Å². The molecule has 3 aromatic carbocycles. The number of nitrogens with zero attached hydrogens (tertiary/aromatic N) is 2. The number of phenolic OH excluding ortho intramolecular Hbond substituents is 1. The predicted molar refractivity (Wildman–Crippen MR) is 123 cm³/mol. The van der Waals surface area contributed by atoms with Gasteiger partial charge >= 0.3 is 6.03 Å². The van der Waals surface area contributed by atoms with Gasteiger partial charge in [0.2, 0.25) is 5.88 Å². The summed E-state index contributed by atoms with van der Waals surface area (Å²) in [4.78, 5) is 20.5. The van der Waals surface area contributed by atoms with Crippen LogP contribution in [0.15, 0.2) is 54.9 Å². The van der Waals surface area contributed by atoms with Crippen molar-refractivity contribution in [2.45, 2.75) is 6.92 Å². The molecule has 4 aromatic rings. The summed E-state index contributed by atoms with van der Waals surface area (Å²) >= 11 is 6.30. The van der Waals surface area contributed by atoms with Crippen molar-refractivity contribution in [3.05, 3.63) is 71.3 Å². The van der Waals surface area contributed by atoms with Crippen LogP contribution in [0.3, 0.4) is 0 Å². The predicted octanol–water partition coefficient (Wildman–Crippen LogP) is 5.88. The van der Waals surface area contributed by atoms with Gasteiger partial charge in [-0.25, -0.2) is 19.2 Å². The molecule has 0 bridgehead atoms. The average molecular weight is 469 g/mol. The zero-order valence-corrected chi connectivity index (χ0v) is 18.3. The van der Waals surface area contributed by atoms with Gasteiger partial charge < -0.3 is 25.2 Å². The molecule has 0 fully saturated rings. The van der Waals surface area contributed by atoms with E-state index in [1.54, 1.807) is 31.2 Å². The Balaban J connectivity index is 1.52. The monoisotopic (exact) mass is 468 g/mol. The first-order chi connectivity index (χ1) is 15.8. The van der Waals surface area contributed by atoms with Crippen LogP contribution < -0.4 is 20.1 Å². The highest BCUT2D eigenvalue weighted by Crippen LogP contribution is 2.36. The van der Waals surface area contributed by atoms with E-state index < -0.39 is 11.8 Å². The molecule has 1 aromatic heterocycles. The third kappa shape index (κ3) is 4.88. The SMILES string of the molecule is COc1cc2c(Oc3ccc(NC(=O)Nc4cc(C)ccc4F)c(Cl)c3)ncnc2cc1O. The second kappa shape index (κ2) is 9.17. The van der Waals surface area contributed by atoms with Gasteiger partial charge in [-0.05, 0) is 42.8 Å². The lowest BCUT2D eigenvalue weighted by Gasteiger charge is -2.12. The number of ether oxygens (including phenoxy) is 2. The van der Waals surface area contributed by atoms with Crippen LogP contribution in [-0.2, 0) is 0 Å². The Bertz CT molecular complexity index is 1370. The molecular weight excluding hydrogens is 451 g/mol. The van der Waals surface area contributed by atoms with Gasteiger partial charge in [0.25, 0.3) is 0 Å². The Morgan fingerprint density at radius 2 is 1.85 bits per heavy atom. The van der Waals surface area contributed by atoms with Crippen LogP contribution >= 0.6 is 11.6 Å². The number of hydrogen-bond donors (Lipinski definition) is 3. The molecule has 2 amide bonds. The standard InChI is InChI=1S/C23H18ClFN4O4/c1-12-3-5-16(25)19(7-12)29-23(31)28-17-6-4-13(8-15(17)24)33-22-14-9-21(32-2)20(30)10-18(14)26-11-27-22/h3-11,30H,1-2H3,(H2,28,29,31). The number of anilines is 2. The molecule has 0 aliphatic heterocycles. The Labute approximate surface area is 193 Å². The number of carbonyl (C=O) groups is 1. The minimum absolute atomic E-state index is 0.0562. The third-order valence-corrected chi connectivity index (χ3v) is 4.99. The van der Waals surface area contributed by atoms with Crippen LogP contribution in [0.25, 0.3) is 10.9 Å². The van der Waals surface area contributed by atoms with Gasteiger partial charge in [-0.1, -0.05) is 17.7 Å². The summed E-state index contributed by atoms with van der Waals surface area (Å²) in [5.74, 6) is 0.214. The molecule has 1 heterocycles. The molecule has 33 heavy (non-hydrogen) atoms. The van der Waals surface area contributed by atoms with Crippen LogP contribution in [0, 0.1) is 12.7 Å². The minimum atomic E-state index is -0.649. The Hall–Kier alpha value is -4.11. The lowest BCUT2D eigenvalue weighted by molar-refractivity contribution is 0.262. The highest BCUT2D eigenvalue weighted by Gasteiger charge is 2.14. The number of halogens is 2. The molecule has 3 N–H and O–H groups in total. The first kappa shape index (κ1) is 22.1. The molecule has 0 aliphatic carbocycles. The quantitative estimate of drug-likeness (QED) is 0.337. The summed E-state index contributed by atoms with van der Waals surface area (Å²) < 4.78 is 24.9.